The second-order valence-corrected chi connectivity index (χ2v) is 9.96. The number of benzene rings is 3. The molecule has 0 spiro atoms. The Labute approximate surface area is 222 Å². The number of aromatic nitrogens is 1. The summed E-state index contributed by atoms with van der Waals surface area (Å²) in [6, 6.07) is 19.9. The molecule has 1 fully saturated rings. The minimum absolute atomic E-state index is 0.0172. The molecule has 5 rings (SSSR count). The maximum atomic E-state index is 13.7. The van der Waals surface area contributed by atoms with E-state index in [1.54, 1.807) is 18.3 Å². The first-order valence-electron chi connectivity index (χ1n) is 12.1. The lowest BCUT2D eigenvalue weighted by molar-refractivity contribution is -0.115. The van der Waals surface area contributed by atoms with E-state index in [9.17, 15) is 14.0 Å². The number of nitrogens with one attached hydrogen (secondary N) is 1. The Kier molecular flexibility index (Phi) is 7.46. The molecule has 1 aliphatic heterocycles. The number of hydrogen-bond donors (Lipinski definition) is 1. The predicted molar refractivity (Wildman–Crippen MR) is 143 cm³/mol. The highest BCUT2D eigenvalue weighted by atomic mass is 79.9. The highest BCUT2D eigenvalue weighted by Crippen LogP contribution is 2.30. The van der Waals surface area contributed by atoms with E-state index >= 15 is 0 Å². The Bertz CT molecular complexity index is 1400. The highest BCUT2D eigenvalue weighted by Gasteiger charge is 2.25. The number of likely N-dealkylation sites (tertiary alicyclic amines) is 1. The van der Waals surface area contributed by atoms with Gasteiger partial charge in [-0.1, -0.05) is 30.3 Å². The van der Waals surface area contributed by atoms with Crippen molar-refractivity contribution in [3.63, 3.8) is 0 Å². The van der Waals surface area contributed by atoms with E-state index in [-0.39, 0.29) is 24.1 Å². The summed E-state index contributed by atoms with van der Waals surface area (Å²) >= 11 is 3.12. The minimum atomic E-state index is -0.387. The van der Waals surface area contributed by atoms with Gasteiger partial charge >= 0.3 is 0 Å². The Hall–Kier alpha value is -3.78. The maximum absolute atomic E-state index is 13.7. The van der Waals surface area contributed by atoms with E-state index < -0.39 is 0 Å². The van der Waals surface area contributed by atoms with Crippen LogP contribution in [0.2, 0.25) is 0 Å². The quantitative estimate of drug-likeness (QED) is 0.293. The second kappa shape index (κ2) is 11.1. The maximum Gasteiger partial charge on any atom is 0.253 e. The predicted octanol–water partition coefficient (Wildman–Crippen LogP) is 6.44. The van der Waals surface area contributed by atoms with Crippen molar-refractivity contribution in [1.29, 1.82) is 0 Å². The van der Waals surface area contributed by atoms with Crippen molar-refractivity contribution in [3.8, 4) is 11.3 Å². The summed E-state index contributed by atoms with van der Waals surface area (Å²) in [5.41, 5.74) is 3.96. The molecule has 1 saturated heterocycles. The SMILES string of the molecule is O=C(Cc1ccc(Br)c(F)c1)Nc1ccc(C2CCN(C(=O)c3cccc(-c4cnco4)c3)CC2)cc1. The van der Waals surface area contributed by atoms with Gasteiger partial charge in [-0.2, -0.15) is 0 Å². The van der Waals surface area contributed by atoms with E-state index in [1.165, 1.54) is 18.0 Å². The lowest BCUT2D eigenvalue weighted by Gasteiger charge is -2.32. The molecular formula is C29H25BrFN3O3. The van der Waals surface area contributed by atoms with Crippen LogP contribution in [0.5, 0.6) is 0 Å². The molecule has 2 amide bonds. The fourth-order valence-corrected chi connectivity index (χ4v) is 4.89. The molecule has 1 aliphatic rings. The summed E-state index contributed by atoms with van der Waals surface area (Å²) < 4.78 is 19.4. The van der Waals surface area contributed by atoms with Crippen molar-refractivity contribution in [1.82, 2.24) is 9.88 Å². The van der Waals surface area contributed by atoms with Gasteiger partial charge in [0.25, 0.3) is 5.91 Å². The Morgan fingerprint density at radius 2 is 1.84 bits per heavy atom. The number of oxazole rings is 1. The van der Waals surface area contributed by atoms with Crippen molar-refractivity contribution in [2.45, 2.75) is 25.2 Å². The molecule has 0 saturated carbocycles. The third-order valence-corrected chi connectivity index (χ3v) is 7.27. The number of anilines is 1. The number of nitrogens with zero attached hydrogens (tertiary/aromatic N) is 2. The summed E-state index contributed by atoms with van der Waals surface area (Å²) in [7, 11) is 0. The standard InChI is InChI=1S/C29H25BrFN3O3/c30-25-9-4-19(14-26(25)31)15-28(35)33-24-7-5-20(6-8-24)21-10-12-34(13-11-21)29(36)23-3-1-2-22(16-23)27-17-32-18-37-27/h1-9,14,16-18,21H,10-13,15H2,(H,33,35). The van der Waals surface area contributed by atoms with E-state index in [1.807, 2.05) is 53.4 Å². The van der Waals surface area contributed by atoms with Crippen molar-refractivity contribution in [2.75, 3.05) is 18.4 Å². The molecule has 0 bridgehead atoms. The number of carbonyl (C=O) groups is 2. The van der Waals surface area contributed by atoms with Gasteiger partial charge in [0.1, 0.15) is 5.82 Å². The van der Waals surface area contributed by atoms with E-state index in [4.69, 9.17) is 4.42 Å². The van der Waals surface area contributed by atoms with Gasteiger partial charge < -0.3 is 14.6 Å². The first-order valence-corrected chi connectivity index (χ1v) is 12.9. The van der Waals surface area contributed by atoms with Gasteiger partial charge in [-0.15, -0.1) is 0 Å². The summed E-state index contributed by atoms with van der Waals surface area (Å²) in [6.07, 6.45) is 4.85. The van der Waals surface area contributed by atoms with E-state index in [2.05, 4.69) is 26.2 Å². The van der Waals surface area contributed by atoms with Crippen molar-refractivity contribution in [3.05, 3.63) is 106 Å². The third kappa shape index (κ3) is 5.97. The number of carbonyl (C=O) groups excluding carboxylic acids is 2. The number of amides is 2. The third-order valence-electron chi connectivity index (χ3n) is 6.62. The van der Waals surface area contributed by atoms with Crippen LogP contribution in [-0.4, -0.2) is 34.8 Å². The van der Waals surface area contributed by atoms with Crippen molar-refractivity contribution in [2.24, 2.45) is 0 Å². The molecule has 2 heterocycles. The zero-order valence-electron chi connectivity index (χ0n) is 20.0. The topological polar surface area (TPSA) is 75.4 Å². The fraction of sp³-hybridized carbons (Fsp3) is 0.207. The van der Waals surface area contributed by atoms with E-state index in [0.29, 0.717) is 46.1 Å². The molecule has 0 unspecified atom stereocenters. The first-order chi connectivity index (χ1) is 18.0. The number of rotatable bonds is 6. The van der Waals surface area contributed by atoms with Crippen molar-refractivity contribution < 1.29 is 18.4 Å². The molecule has 8 heteroatoms. The summed E-state index contributed by atoms with van der Waals surface area (Å²) in [5, 5.41) is 2.87. The van der Waals surface area contributed by atoms with Crippen LogP contribution in [0.25, 0.3) is 11.3 Å². The zero-order valence-corrected chi connectivity index (χ0v) is 21.6. The zero-order chi connectivity index (χ0) is 25.8. The number of piperidine rings is 1. The molecular weight excluding hydrogens is 537 g/mol. The van der Waals surface area contributed by atoms with Crippen LogP contribution in [-0.2, 0) is 11.2 Å². The van der Waals surface area contributed by atoms with Crippen LogP contribution >= 0.6 is 15.9 Å². The molecule has 4 aromatic rings. The molecule has 3 aromatic carbocycles. The molecule has 1 N–H and O–H groups in total. The van der Waals surface area contributed by atoms with Crippen LogP contribution in [0.4, 0.5) is 10.1 Å². The highest BCUT2D eigenvalue weighted by molar-refractivity contribution is 9.10. The Morgan fingerprint density at radius 3 is 2.54 bits per heavy atom. The number of halogens is 2. The fourth-order valence-electron chi connectivity index (χ4n) is 4.64. The van der Waals surface area contributed by atoms with Crippen LogP contribution in [0.1, 0.15) is 40.2 Å². The molecule has 188 valence electrons. The summed E-state index contributed by atoms with van der Waals surface area (Å²) in [5.74, 6) is 0.412. The summed E-state index contributed by atoms with van der Waals surface area (Å²) in [6.45, 7) is 1.36. The number of hydrogen-bond acceptors (Lipinski definition) is 4. The molecule has 0 aliphatic carbocycles. The lowest BCUT2D eigenvalue weighted by Crippen LogP contribution is -2.37. The van der Waals surface area contributed by atoms with Gasteiger partial charge in [0.15, 0.2) is 12.2 Å². The average molecular weight is 562 g/mol. The molecule has 37 heavy (non-hydrogen) atoms. The average Bonchev–Trinajstić information content (AvgIpc) is 3.46. The largest absolute Gasteiger partial charge is 0.444 e. The monoisotopic (exact) mass is 561 g/mol. The van der Waals surface area contributed by atoms with Gasteiger partial charge in [0.05, 0.1) is 17.1 Å². The van der Waals surface area contributed by atoms with Gasteiger partial charge in [-0.25, -0.2) is 9.37 Å². The first kappa shape index (κ1) is 24.9. The van der Waals surface area contributed by atoms with Gasteiger partial charge in [-0.3, -0.25) is 9.59 Å². The Morgan fingerprint density at radius 1 is 1.05 bits per heavy atom. The second-order valence-electron chi connectivity index (χ2n) is 9.11. The molecule has 6 nitrogen and oxygen atoms in total. The minimum Gasteiger partial charge on any atom is -0.444 e. The lowest BCUT2D eigenvalue weighted by atomic mass is 9.89. The van der Waals surface area contributed by atoms with Crippen LogP contribution in [0, 0.1) is 5.82 Å². The van der Waals surface area contributed by atoms with Crippen LogP contribution < -0.4 is 5.32 Å². The molecule has 0 atom stereocenters. The smallest absolute Gasteiger partial charge is 0.253 e. The molecule has 1 aromatic heterocycles. The van der Waals surface area contributed by atoms with Crippen LogP contribution in [0.3, 0.4) is 0 Å². The van der Waals surface area contributed by atoms with Crippen molar-refractivity contribution >= 4 is 33.4 Å². The summed E-state index contributed by atoms with van der Waals surface area (Å²) in [4.78, 5) is 31.3. The van der Waals surface area contributed by atoms with E-state index in [0.717, 1.165) is 18.4 Å². The van der Waals surface area contributed by atoms with Gasteiger partial charge in [0.2, 0.25) is 5.91 Å². The van der Waals surface area contributed by atoms with Gasteiger partial charge in [-0.05, 0) is 82.2 Å². The van der Waals surface area contributed by atoms with Gasteiger partial charge in [0, 0.05) is 29.9 Å². The Balaban J connectivity index is 1.14. The molecule has 0 radical (unpaired) electrons. The van der Waals surface area contributed by atoms with Crippen LogP contribution in [0.15, 0.2) is 88.2 Å². The normalized spacial score (nSPS) is 13.9.